The first kappa shape index (κ1) is 17.2. The Labute approximate surface area is 150 Å². The third-order valence-corrected chi connectivity index (χ3v) is 6.65. The van der Waals surface area contributed by atoms with Gasteiger partial charge in [-0.2, -0.15) is 4.31 Å². The van der Waals surface area contributed by atoms with E-state index in [-0.39, 0.29) is 28.5 Å². The van der Waals surface area contributed by atoms with Crippen LogP contribution in [0.5, 0.6) is 0 Å². The van der Waals surface area contributed by atoms with Gasteiger partial charge in [0.05, 0.1) is 17.1 Å². The molecule has 138 valence electrons. The van der Waals surface area contributed by atoms with Gasteiger partial charge in [0.25, 0.3) is 11.1 Å². The second kappa shape index (κ2) is 6.48. The second-order valence-corrected chi connectivity index (χ2v) is 8.78. The zero-order valence-electron chi connectivity index (χ0n) is 14.2. The van der Waals surface area contributed by atoms with Crippen LogP contribution in [0, 0.1) is 0 Å². The van der Waals surface area contributed by atoms with E-state index < -0.39 is 10.0 Å². The van der Waals surface area contributed by atoms with E-state index in [2.05, 4.69) is 9.97 Å². The summed E-state index contributed by atoms with van der Waals surface area (Å²) in [6.45, 7) is 1.06. The lowest BCUT2D eigenvalue weighted by molar-refractivity contribution is 0.476. The number of aromatic amines is 1. The van der Waals surface area contributed by atoms with Crippen LogP contribution in [0.3, 0.4) is 0 Å². The second-order valence-electron chi connectivity index (χ2n) is 6.84. The minimum Gasteiger partial charge on any atom is -0.310 e. The Morgan fingerprint density at radius 3 is 2.58 bits per heavy atom. The van der Waals surface area contributed by atoms with Crippen molar-refractivity contribution in [2.45, 2.75) is 43.0 Å². The van der Waals surface area contributed by atoms with Gasteiger partial charge < -0.3 is 9.55 Å². The molecule has 1 saturated carbocycles. The molecule has 2 aromatic rings. The van der Waals surface area contributed by atoms with Crippen molar-refractivity contribution >= 4 is 10.0 Å². The largest absolute Gasteiger partial charge is 0.310 e. The normalized spacial score (nSPS) is 18.3. The zero-order valence-corrected chi connectivity index (χ0v) is 15.0. The summed E-state index contributed by atoms with van der Waals surface area (Å²) in [7, 11) is -3.60. The number of nitrogens with zero attached hydrogens (tertiary/aromatic N) is 3. The fourth-order valence-electron chi connectivity index (χ4n) is 3.20. The van der Waals surface area contributed by atoms with Gasteiger partial charge in [0.1, 0.15) is 5.82 Å². The van der Waals surface area contributed by atoms with Crippen LogP contribution in [-0.4, -0.2) is 40.3 Å². The van der Waals surface area contributed by atoms with Crippen LogP contribution in [-0.2, 0) is 16.6 Å². The summed E-state index contributed by atoms with van der Waals surface area (Å²) in [4.78, 5) is 31.3. The van der Waals surface area contributed by atoms with E-state index in [9.17, 15) is 18.0 Å². The number of rotatable bonds is 5. The molecule has 4 rings (SSSR count). The molecule has 2 aromatic heterocycles. The van der Waals surface area contributed by atoms with Crippen LogP contribution < -0.4 is 11.1 Å². The quantitative estimate of drug-likeness (QED) is 0.824. The number of hydrogen-bond acceptors (Lipinski definition) is 5. The number of sulfonamides is 1. The lowest BCUT2D eigenvalue weighted by atomic mass is 10.3. The minimum atomic E-state index is -3.60. The molecule has 2 aliphatic rings. The molecule has 1 saturated heterocycles. The van der Waals surface area contributed by atoms with E-state index in [0.29, 0.717) is 24.6 Å². The van der Waals surface area contributed by atoms with Gasteiger partial charge in [-0.1, -0.05) is 0 Å². The van der Waals surface area contributed by atoms with Gasteiger partial charge in [0.2, 0.25) is 10.0 Å². The number of nitrogens with one attached hydrogen (secondary N) is 1. The van der Waals surface area contributed by atoms with Crippen molar-refractivity contribution in [2.24, 2.45) is 0 Å². The fraction of sp³-hybridized carbons (Fsp3) is 0.471. The van der Waals surface area contributed by atoms with Crippen molar-refractivity contribution in [1.82, 2.24) is 18.8 Å². The lowest BCUT2D eigenvalue weighted by Crippen LogP contribution is -2.30. The van der Waals surface area contributed by atoms with Crippen molar-refractivity contribution in [3.05, 3.63) is 56.6 Å². The van der Waals surface area contributed by atoms with Crippen molar-refractivity contribution in [1.29, 1.82) is 0 Å². The first-order valence-corrected chi connectivity index (χ1v) is 10.2. The van der Waals surface area contributed by atoms with E-state index in [4.69, 9.17) is 0 Å². The monoisotopic (exact) mass is 376 g/mol. The van der Waals surface area contributed by atoms with Crippen LogP contribution in [0.15, 0.2) is 38.9 Å². The standard InChI is InChI=1S/C17H20N4O4S/c22-15-9-13(18-17(19-15)12-3-4-12)10-20-11-14(5-6-16(20)23)26(24,25)21-7-1-2-8-21/h5-6,9,11-12H,1-4,7-8,10H2,(H,18,19,22). The van der Waals surface area contributed by atoms with Crippen LogP contribution >= 0.6 is 0 Å². The molecule has 0 bridgehead atoms. The number of pyridine rings is 1. The van der Waals surface area contributed by atoms with Gasteiger partial charge in [0.15, 0.2) is 0 Å². The van der Waals surface area contributed by atoms with Gasteiger partial charge >= 0.3 is 0 Å². The van der Waals surface area contributed by atoms with Crippen molar-refractivity contribution in [3.63, 3.8) is 0 Å². The molecule has 1 aliphatic heterocycles. The van der Waals surface area contributed by atoms with E-state index in [1.165, 1.54) is 33.3 Å². The Hall–Kier alpha value is -2.26. The summed E-state index contributed by atoms with van der Waals surface area (Å²) >= 11 is 0. The maximum absolute atomic E-state index is 12.7. The maximum atomic E-state index is 12.7. The first-order valence-electron chi connectivity index (χ1n) is 8.74. The third kappa shape index (κ3) is 3.36. The predicted octanol–water partition coefficient (Wildman–Crippen LogP) is 0.642. The van der Waals surface area contributed by atoms with E-state index >= 15 is 0 Å². The van der Waals surface area contributed by atoms with Crippen LogP contribution in [0.2, 0.25) is 0 Å². The zero-order chi connectivity index (χ0) is 18.3. The highest BCUT2D eigenvalue weighted by Crippen LogP contribution is 2.37. The highest BCUT2D eigenvalue weighted by molar-refractivity contribution is 7.89. The molecule has 0 unspecified atom stereocenters. The summed E-state index contributed by atoms with van der Waals surface area (Å²) in [6, 6.07) is 3.94. The number of aromatic nitrogens is 3. The van der Waals surface area contributed by atoms with Gasteiger partial charge in [0, 0.05) is 37.3 Å². The molecule has 0 aromatic carbocycles. The smallest absolute Gasteiger partial charge is 0.251 e. The minimum absolute atomic E-state index is 0.0613. The summed E-state index contributed by atoms with van der Waals surface area (Å²) in [6.07, 6.45) is 5.03. The molecule has 1 aliphatic carbocycles. The number of hydrogen-bond donors (Lipinski definition) is 1. The van der Waals surface area contributed by atoms with Crippen LogP contribution in [0.4, 0.5) is 0 Å². The molecule has 8 nitrogen and oxygen atoms in total. The van der Waals surface area contributed by atoms with E-state index in [0.717, 1.165) is 25.7 Å². The average molecular weight is 376 g/mol. The van der Waals surface area contributed by atoms with Crippen LogP contribution in [0.25, 0.3) is 0 Å². The maximum Gasteiger partial charge on any atom is 0.251 e. The molecule has 26 heavy (non-hydrogen) atoms. The first-order chi connectivity index (χ1) is 12.4. The summed E-state index contributed by atoms with van der Waals surface area (Å²) in [5.74, 6) is 0.919. The summed E-state index contributed by atoms with van der Waals surface area (Å²) in [5, 5.41) is 0. The summed E-state index contributed by atoms with van der Waals surface area (Å²) in [5.41, 5.74) is -0.139. The molecule has 0 radical (unpaired) electrons. The van der Waals surface area contributed by atoms with E-state index in [1.807, 2.05) is 0 Å². The van der Waals surface area contributed by atoms with Gasteiger partial charge in [-0.3, -0.25) is 9.59 Å². The topological polar surface area (TPSA) is 105 Å². The predicted molar refractivity (Wildman–Crippen MR) is 94.6 cm³/mol. The molecule has 3 heterocycles. The van der Waals surface area contributed by atoms with Crippen molar-refractivity contribution < 1.29 is 8.42 Å². The molecule has 2 fully saturated rings. The highest BCUT2D eigenvalue weighted by Gasteiger charge is 2.28. The lowest BCUT2D eigenvalue weighted by Gasteiger charge is -2.16. The molecule has 0 spiro atoms. The van der Waals surface area contributed by atoms with Gasteiger partial charge in [-0.15, -0.1) is 0 Å². The highest BCUT2D eigenvalue weighted by atomic mass is 32.2. The van der Waals surface area contributed by atoms with Gasteiger partial charge in [-0.05, 0) is 31.7 Å². The molecule has 1 N–H and O–H groups in total. The van der Waals surface area contributed by atoms with Crippen LogP contribution in [0.1, 0.15) is 43.1 Å². The molecule has 9 heteroatoms. The van der Waals surface area contributed by atoms with Crippen molar-refractivity contribution in [3.8, 4) is 0 Å². The molecular weight excluding hydrogens is 356 g/mol. The molecular formula is C17H20N4O4S. The fourth-order valence-corrected chi connectivity index (χ4v) is 4.73. The Kier molecular flexibility index (Phi) is 4.28. The molecule has 0 amide bonds. The Morgan fingerprint density at radius 1 is 1.15 bits per heavy atom. The number of H-pyrrole nitrogens is 1. The SMILES string of the molecule is O=c1cc(Cn2cc(S(=O)(=O)N3CCCC3)ccc2=O)nc(C2CC2)[nH]1. The summed E-state index contributed by atoms with van der Waals surface area (Å²) < 4.78 is 28.1. The Morgan fingerprint density at radius 2 is 1.88 bits per heavy atom. The third-order valence-electron chi connectivity index (χ3n) is 4.77. The van der Waals surface area contributed by atoms with E-state index in [1.54, 1.807) is 0 Å². The van der Waals surface area contributed by atoms with Gasteiger partial charge in [-0.25, -0.2) is 13.4 Å². The van der Waals surface area contributed by atoms with Crippen molar-refractivity contribution in [2.75, 3.05) is 13.1 Å². The Balaban J connectivity index is 1.67. The Bertz CT molecular complexity index is 1050. The average Bonchev–Trinajstić information content (AvgIpc) is 3.30. The molecule has 0 atom stereocenters.